The van der Waals surface area contributed by atoms with E-state index in [2.05, 4.69) is 32.9 Å². The zero-order chi connectivity index (χ0) is 32.9. The molecule has 0 saturated carbocycles. The quantitative estimate of drug-likeness (QED) is 0.105. The summed E-state index contributed by atoms with van der Waals surface area (Å²) >= 11 is 0. The van der Waals surface area contributed by atoms with E-state index < -0.39 is 29.8 Å². The van der Waals surface area contributed by atoms with Crippen molar-refractivity contribution in [1.29, 1.82) is 0 Å². The number of aliphatic hydroxyl groups excluding tert-OH is 2. The zero-order valence-electron chi connectivity index (χ0n) is 22.8. The van der Waals surface area contributed by atoms with Crippen molar-refractivity contribution in [3.8, 4) is 0 Å². The van der Waals surface area contributed by atoms with Gasteiger partial charge in [-0.15, -0.1) is 0 Å². The van der Waals surface area contributed by atoms with Gasteiger partial charge in [-0.25, -0.2) is 24.0 Å². The van der Waals surface area contributed by atoms with Crippen molar-refractivity contribution in [2.75, 3.05) is 52.9 Å². The molecule has 0 heterocycles. The van der Waals surface area contributed by atoms with E-state index in [4.69, 9.17) is 50.0 Å². The van der Waals surface area contributed by atoms with E-state index in [0.29, 0.717) is 39.6 Å². The third-order valence-corrected chi connectivity index (χ3v) is 2.47. The van der Waals surface area contributed by atoms with Gasteiger partial charge in [-0.1, -0.05) is 32.9 Å². The van der Waals surface area contributed by atoms with Crippen LogP contribution < -0.4 is 0 Å². The van der Waals surface area contributed by atoms with Gasteiger partial charge in [-0.05, 0) is 13.8 Å². The molecule has 232 valence electrons. The summed E-state index contributed by atoms with van der Waals surface area (Å²) in [5, 5.41) is 55.3. The van der Waals surface area contributed by atoms with Crippen LogP contribution in [-0.4, -0.2) is 118 Å². The molecule has 0 bridgehead atoms. The Morgan fingerprint density at radius 3 is 0.775 bits per heavy atom. The lowest BCUT2D eigenvalue weighted by atomic mass is 10.4. The van der Waals surface area contributed by atoms with Crippen LogP contribution in [0.4, 0.5) is 0 Å². The van der Waals surface area contributed by atoms with Crippen molar-refractivity contribution in [2.45, 2.75) is 13.8 Å². The van der Waals surface area contributed by atoms with Crippen LogP contribution in [-0.2, 0) is 38.2 Å². The summed E-state index contributed by atoms with van der Waals surface area (Å²) in [6.45, 7) is 20.8. The molecule has 15 heteroatoms. The topological polar surface area (TPSA) is 255 Å². The Morgan fingerprint density at radius 1 is 0.525 bits per heavy atom. The fourth-order valence-corrected chi connectivity index (χ4v) is 0.671. The van der Waals surface area contributed by atoms with E-state index in [1.807, 2.05) is 0 Å². The van der Waals surface area contributed by atoms with Crippen molar-refractivity contribution >= 4 is 29.8 Å². The van der Waals surface area contributed by atoms with E-state index in [9.17, 15) is 24.0 Å². The molecule has 0 aliphatic heterocycles. The van der Waals surface area contributed by atoms with E-state index >= 15 is 0 Å². The average Bonchev–Trinajstić information content (AvgIpc) is 2.89. The lowest BCUT2D eigenvalue weighted by Crippen LogP contribution is -2.11. The summed E-state index contributed by atoms with van der Waals surface area (Å²) in [6.07, 6.45) is 2.50. The van der Waals surface area contributed by atoms with Crippen LogP contribution >= 0.6 is 0 Å². The van der Waals surface area contributed by atoms with Gasteiger partial charge in [-0.3, -0.25) is 0 Å². The molecular formula is C25H42O15. The van der Waals surface area contributed by atoms with Crippen LogP contribution in [0.3, 0.4) is 0 Å². The lowest BCUT2D eigenvalue weighted by Gasteiger charge is -2.04. The second kappa shape index (κ2) is 42.0. The van der Waals surface area contributed by atoms with Crippen molar-refractivity contribution in [3.05, 3.63) is 62.3 Å². The van der Waals surface area contributed by atoms with Gasteiger partial charge in [0.1, 0.15) is 0 Å². The molecule has 0 radical (unpaired) electrons. The highest BCUT2D eigenvalue weighted by Crippen LogP contribution is 1.82. The fourth-order valence-electron chi connectivity index (χ4n) is 0.671. The number of aliphatic carboxylic acids is 5. The Labute approximate surface area is 233 Å². The van der Waals surface area contributed by atoms with Gasteiger partial charge in [0.25, 0.3) is 0 Å². The van der Waals surface area contributed by atoms with Crippen LogP contribution in [0.15, 0.2) is 62.3 Å². The third kappa shape index (κ3) is 92.7. The minimum Gasteiger partial charge on any atom is -0.478 e. The minimum absolute atomic E-state index is 0.0413. The average molecular weight is 583 g/mol. The summed E-state index contributed by atoms with van der Waals surface area (Å²) in [7, 11) is 0. The molecule has 0 atom stereocenters. The Bertz CT molecular complexity index is 642. The standard InChI is InChI=1S/C8H18O5.2C4H6O2.3C3H4O2/c9-1-3-11-5-7-13-8-6-12-4-2-10;2*1-3(2)4(5)6;3*1-2-3(4)5/h9-10H,1-8H2;2*1H2,2H3,(H,5,6);3*2H,1H2,(H,4,5). The van der Waals surface area contributed by atoms with Gasteiger partial charge in [-0.2, -0.15) is 0 Å². The third-order valence-electron chi connectivity index (χ3n) is 2.47. The molecule has 0 aliphatic rings. The molecule has 7 N–H and O–H groups in total. The summed E-state index contributed by atoms with van der Waals surface area (Å²) in [5.41, 5.74) is 0.352. The second-order valence-electron chi connectivity index (χ2n) is 6.08. The zero-order valence-corrected chi connectivity index (χ0v) is 22.8. The van der Waals surface area contributed by atoms with Crippen LogP contribution in [0.1, 0.15) is 13.8 Å². The Hall–Kier alpha value is -4.15. The smallest absolute Gasteiger partial charge is 0.330 e. The first-order valence-electron chi connectivity index (χ1n) is 10.8. The molecule has 0 amide bonds. The van der Waals surface area contributed by atoms with Gasteiger partial charge < -0.3 is 50.0 Å². The van der Waals surface area contributed by atoms with Crippen molar-refractivity contribution < 1.29 is 73.9 Å². The maximum atomic E-state index is 9.60. The molecule has 0 aromatic carbocycles. The number of hydrogen-bond acceptors (Lipinski definition) is 10. The molecule has 0 unspecified atom stereocenters. The lowest BCUT2D eigenvalue weighted by molar-refractivity contribution is -0.133. The highest BCUT2D eigenvalue weighted by atomic mass is 16.5. The van der Waals surface area contributed by atoms with Gasteiger partial charge in [0.2, 0.25) is 0 Å². The molecule has 0 saturated heterocycles. The number of rotatable bonds is 15. The van der Waals surface area contributed by atoms with Crippen molar-refractivity contribution in [2.24, 2.45) is 0 Å². The predicted molar refractivity (Wildman–Crippen MR) is 145 cm³/mol. The molecule has 40 heavy (non-hydrogen) atoms. The first-order chi connectivity index (χ1) is 18.5. The second-order valence-corrected chi connectivity index (χ2v) is 6.08. The predicted octanol–water partition coefficient (Wildman–Crippen LogP) is 1.09. The first kappa shape index (κ1) is 48.9. The molecule has 0 aliphatic carbocycles. The molecule has 15 nitrogen and oxygen atoms in total. The summed E-state index contributed by atoms with van der Waals surface area (Å²) in [5.74, 6) is -4.81. The monoisotopic (exact) mass is 582 g/mol. The van der Waals surface area contributed by atoms with E-state index in [1.54, 1.807) is 0 Å². The number of carbonyl (C=O) groups is 5. The Morgan fingerprint density at radius 2 is 0.675 bits per heavy atom. The number of carboxylic acids is 5. The van der Waals surface area contributed by atoms with Gasteiger partial charge in [0.05, 0.1) is 52.9 Å². The largest absolute Gasteiger partial charge is 0.478 e. The highest BCUT2D eigenvalue weighted by Gasteiger charge is 1.91. The maximum absolute atomic E-state index is 9.60. The van der Waals surface area contributed by atoms with Crippen LogP contribution in [0, 0.1) is 0 Å². The van der Waals surface area contributed by atoms with Crippen LogP contribution in [0.2, 0.25) is 0 Å². The molecule has 0 fully saturated rings. The van der Waals surface area contributed by atoms with E-state index in [-0.39, 0.29) is 24.4 Å². The Kier molecular flexibility index (Phi) is 51.3. The molecule has 0 rings (SSSR count). The van der Waals surface area contributed by atoms with Gasteiger partial charge in [0, 0.05) is 29.4 Å². The maximum Gasteiger partial charge on any atom is 0.330 e. The van der Waals surface area contributed by atoms with Gasteiger partial charge >= 0.3 is 29.8 Å². The Balaban J connectivity index is -0.0000000919. The molecular weight excluding hydrogens is 540 g/mol. The fraction of sp³-hybridized carbons (Fsp3) is 0.400. The molecule has 0 aromatic heterocycles. The highest BCUT2D eigenvalue weighted by molar-refractivity contribution is 5.85. The number of aliphatic hydroxyl groups is 2. The van der Waals surface area contributed by atoms with Crippen molar-refractivity contribution in [3.63, 3.8) is 0 Å². The van der Waals surface area contributed by atoms with Crippen molar-refractivity contribution in [1.82, 2.24) is 0 Å². The summed E-state index contributed by atoms with van der Waals surface area (Å²) in [6, 6.07) is 0. The molecule has 0 spiro atoms. The number of carboxylic acid groups (broad SMARTS) is 5. The van der Waals surface area contributed by atoms with E-state index in [1.165, 1.54) is 13.8 Å². The number of hydrogen-bond donors (Lipinski definition) is 7. The summed E-state index contributed by atoms with van der Waals surface area (Å²) in [4.78, 5) is 46.9. The van der Waals surface area contributed by atoms with Crippen LogP contribution in [0.25, 0.3) is 0 Å². The van der Waals surface area contributed by atoms with E-state index in [0.717, 1.165) is 18.2 Å². The molecule has 0 aromatic rings. The normalized spacial score (nSPS) is 8.10. The summed E-state index contributed by atoms with van der Waals surface area (Å²) < 4.78 is 15.0. The minimum atomic E-state index is -0.981. The number of ether oxygens (including phenoxy) is 3. The first-order valence-corrected chi connectivity index (χ1v) is 10.8. The SMILES string of the molecule is C=C(C)C(=O)O.C=C(C)C(=O)O.C=CC(=O)O.C=CC(=O)O.C=CC(=O)O.OCCOCCOCCOCCO. The van der Waals surface area contributed by atoms with Crippen LogP contribution in [0.5, 0.6) is 0 Å². The van der Waals surface area contributed by atoms with Gasteiger partial charge in [0.15, 0.2) is 0 Å².